The second-order valence-corrected chi connectivity index (χ2v) is 8.74. The number of H-pyrrole nitrogens is 1. The Morgan fingerprint density at radius 2 is 1.89 bits per heavy atom. The Hall–Kier alpha value is -4.53. The Bertz CT molecular complexity index is 1480. The normalized spacial score (nSPS) is 17.2. The molecule has 2 unspecified atom stereocenters. The lowest BCUT2D eigenvalue weighted by atomic mass is 9.85. The fourth-order valence-corrected chi connectivity index (χ4v) is 4.59. The van der Waals surface area contributed by atoms with Gasteiger partial charge in [-0.05, 0) is 60.4 Å². The van der Waals surface area contributed by atoms with Crippen LogP contribution >= 0.6 is 0 Å². The second kappa shape index (κ2) is 10.6. The van der Waals surface area contributed by atoms with E-state index in [9.17, 15) is 14.0 Å². The van der Waals surface area contributed by atoms with Gasteiger partial charge in [-0.3, -0.25) is 4.79 Å². The Balaban J connectivity index is 1.46. The Morgan fingerprint density at radius 3 is 2.73 bits per heavy atom. The molecule has 0 radical (unpaired) electrons. The van der Waals surface area contributed by atoms with Crippen LogP contribution in [0.3, 0.4) is 0 Å². The average Bonchev–Trinajstić information content (AvgIpc) is 3.34. The van der Waals surface area contributed by atoms with Gasteiger partial charge >= 0.3 is 12.0 Å². The number of nitrogens with zero attached hydrogens (tertiary/aromatic N) is 2. The fourth-order valence-electron chi connectivity index (χ4n) is 4.59. The number of aryl methyl sites for hydroxylation is 1. The predicted molar refractivity (Wildman–Crippen MR) is 136 cm³/mol. The number of aromatic amines is 1. The standard InChI is InChI=1S/C28H25FN4O4/c1-36-20-8-3-5-17(14-20)10-11-23-24(27(34)37-16-18-6-2-7-19(29)13-18)25(33-28(35)32-23)22-15-31-26-21(22)9-4-12-30-26/h2-9,12-15,24-25H,10-11,16H2,1H3,(H,30,31)(H,33,35). The molecule has 3 heterocycles. The smallest absolute Gasteiger partial charge is 0.341 e. The summed E-state index contributed by atoms with van der Waals surface area (Å²) in [6, 6.07) is 15.9. The van der Waals surface area contributed by atoms with Crippen molar-refractivity contribution in [2.45, 2.75) is 25.5 Å². The third-order valence-electron chi connectivity index (χ3n) is 6.36. The van der Waals surface area contributed by atoms with E-state index in [4.69, 9.17) is 9.47 Å². The van der Waals surface area contributed by atoms with Crippen molar-refractivity contribution >= 4 is 28.7 Å². The number of hydrogen-bond donors (Lipinski definition) is 2. The fraction of sp³-hybridized carbons (Fsp3) is 0.214. The minimum atomic E-state index is -0.879. The van der Waals surface area contributed by atoms with Gasteiger partial charge in [-0.1, -0.05) is 24.3 Å². The van der Waals surface area contributed by atoms with Crippen LogP contribution in [0.5, 0.6) is 5.75 Å². The molecule has 2 amide bonds. The maximum Gasteiger partial charge on any atom is 0.341 e. The number of urea groups is 1. The van der Waals surface area contributed by atoms with Crippen LogP contribution in [0, 0.1) is 11.7 Å². The molecule has 8 nitrogen and oxygen atoms in total. The van der Waals surface area contributed by atoms with Crippen molar-refractivity contribution in [2.24, 2.45) is 10.9 Å². The largest absolute Gasteiger partial charge is 0.497 e. The molecule has 0 aliphatic carbocycles. The van der Waals surface area contributed by atoms with Crippen molar-refractivity contribution in [3.63, 3.8) is 0 Å². The maximum absolute atomic E-state index is 13.6. The van der Waals surface area contributed by atoms with Gasteiger partial charge in [0.25, 0.3) is 0 Å². The van der Waals surface area contributed by atoms with Gasteiger partial charge < -0.3 is 19.8 Å². The van der Waals surface area contributed by atoms with Crippen molar-refractivity contribution in [1.29, 1.82) is 0 Å². The van der Waals surface area contributed by atoms with Gasteiger partial charge in [0.2, 0.25) is 0 Å². The van der Waals surface area contributed by atoms with Crippen LogP contribution in [0.25, 0.3) is 11.0 Å². The van der Waals surface area contributed by atoms with Crippen LogP contribution in [0.2, 0.25) is 0 Å². The topological polar surface area (TPSA) is 106 Å². The van der Waals surface area contributed by atoms with Crippen LogP contribution in [-0.2, 0) is 22.6 Å². The summed E-state index contributed by atoms with van der Waals surface area (Å²) in [5, 5.41) is 3.62. The number of carbonyl (C=O) groups is 2. The molecule has 0 bridgehead atoms. The molecule has 1 aliphatic rings. The van der Waals surface area contributed by atoms with Gasteiger partial charge in [-0.2, -0.15) is 0 Å². The van der Waals surface area contributed by atoms with Crippen LogP contribution < -0.4 is 10.1 Å². The Labute approximate surface area is 212 Å². The second-order valence-electron chi connectivity index (χ2n) is 8.74. The average molecular weight is 501 g/mol. The molecular formula is C28H25FN4O4. The first kappa shape index (κ1) is 24.2. The molecule has 9 heteroatoms. The summed E-state index contributed by atoms with van der Waals surface area (Å²) in [6.45, 7) is -0.105. The van der Waals surface area contributed by atoms with Gasteiger partial charge in [0.1, 0.15) is 29.7 Å². The summed E-state index contributed by atoms with van der Waals surface area (Å²) in [4.78, 5) is 37.8. The van der Waals surface area contributed by atoms with E-state index in [1.165, 1.54) is 12.1 Å². The van der Waals surface area contributed by atoms with Crippen molar-refractivity contribution in [1.82, 2.24) is 15.3 Å². The predicted octanol–water partition coefficient (Wildman–Crippen LogP) is 4.91. The van der Waals surface area contributed by atoms with Crippen LogP contribution in [0.15, 0.2) is 78.0 Å². The number of esters is 1. The summed E-state index contributed by atoms with van der Waals surface area (Å²) in [5.74, 6) is -1.13. The summed E-state index contributed by atoms with van der Waals surface area (Å²) in [6.07, 6.45) is 4.30. The number of halogens is 1. The number of hydrogen-bond acceptors (Lipinski definition) is 5. The molecule has 5 rings (SSSR count). The van der Waals surface area contributed by atoms with E-state index in [2.05, 4.69) is 20.3 Å². The first-order valence-electron chi connectivity index (χ1n) is 11.9. The molecule has 0 spiro atoms. The zero-order valence-corrected chi connectivity index (χ0v) is 20.1. The number of rotatable bonds is 8. The van der Waals surface area contributed by atoms with E-state index in [1.807, 2.05) is 30.3 Å². The summed E-state index contributed by atoms with van der Waals surface area (Å²) < 4.78 is 24.6. The van der Waals surface area contributed by atoms with E-state index >= 15 is 0 Å². The van der Waals surface area contributed by atoms with Gasteiger partial charge in [-0.25, -0.2) is 19.2 Å². The molecule has 1 aliphatic heterocycles. The Morgan fingerprint density at radius 1 is 1.05 bits per heavy atom. The van der Waals surface area contributed by atoms with Crippen molar-refractivity contribution < 1.29 is 23.5 Å². The highest BCUT2D eigenvalue weighted by Gasteiger charge is 2.40. The lowest BCUT2D eigenvalue weighted by Crippen LogP contribution is -2.45. The van der Waals surface area contributed by atoms with Crippen LogP contribution in [0.1, 0.15) is 29.2 Å². The van der Waals surface area contributed by atoms with E-state index in [0.29, 0.717) is 35.3 Å². The zero-order chi connectivity index (χ0) is 25.8. The number of carbonyl (C=O) groups excluding carboxylic acids is 2. The molecular weight excluding hydrogens is 475 g/mol. The molecule has 2 atom stereocenters. The molecule has 0 saturated heterocycles. The zero-order valence-electron chi connectivity index (χ0n) is 20.1. The highest BCUT2D eigenvalue weighted by molar-refractivity contribution is 6.09. The lowest BCUT2D eigenvalue weighted by molar-refractivity contribution is -0.148. The van der Waals surface area contributed by atoms with Crippen molar-refractivity contribution in [2.75, 3.05) is 7.11 Å². The molecule has 4 aromatic rings. The van der Waals surface area contributed by atoms with E-state index in [1.54, 1.807) is 37.7 Å². The van der Waals surface area contributed by atoms with Crippen molar-refractivity contribution in [3.8, 4) is 5.75 Å². The van der Waals surface area contributed by atoms with Gasteiger partial charge in [0.15, 0.2) is 0 Å². The molecule has 0 saturated carbocycles. The van der Waals surface area contributed by atoms with E-state index in [0.717, 1.165) is 16.7 Å². The highest BCUT2D eigenvalue weighted by atomic mass is 19.1. The maximum atomic E-state index is 13.6. The summed E-state index contributed by atoms with van der Waals surface area (Å²) >= 11 is 0. The number of nitrogens with one attached hydrogen (secondary N) is 2. The quantitative estimate of drug-likeness (QED) is 0.335. The van der Waals surface area contributed by atoms with E-state index < -0.39 is 29.8 Å². The summed E-state index contributed by atoms with van der Waals surface area (Å²) in [5.41, 5.74) is 3.26. The number of aliphatic imine (C=N–C) groups is 1. The summed E-state index contributed by atoms with van der Waals surface area (Å²) in [7, 11) is 1.60. The SMILES string of the molecule is COc1cccc(CCC2=NC(=O)NC(c3c[nH]c4ncccc34)C2C(=O)OCc2cccc(F)c2)c1. The third-order valence-corrected chi connectivity index (χ3v) is 6.36. The van der Waals surface area contributed by atoms with E-state index in [-0.39, 0.29) is 6.61 Å². The molecule has 0 fully saturated rings. The third kappa shape index (κ3) is 5.35. The van der Waals surface area contributed by atoms with Gasteiger partial charge in [0.05, 0.1) is 13.2 Å². The van der Waals surface area contributed by atoms with Crippen molar-refractivity contribution in [3.05, 3.63) is 95.6 Å². The molecule has 2 N–H and O–H groups in total. The number of amides is 2. The lowest BCUT2D eigenvalue weighted by Gasteiger charge is -2.30. The van der Waals surface area contributed by atoms with Gasteiger partial charge in [-0.15, -0.1) is 0 Å². The number of pyridine rings is 1. The molecule has 2 aromatic heterocycles. The molecule has 2 aromatic carbocycles. The minimum absolute atomic E-state index is 0.105. The Kier molecular flexibility index (Phi) is 6.93. The van der Waals surface area contributed by atoms with Crippen LogP contribution in [-0.4, -0.2) is 34.8 Å². The first-order valence-corrected chi connectivity index (χ1v) is 11.9. The minimum Gasteiger partial charge on any atom is -0.497 e. The number of methoxy groups -OCH3 is 1. The number of aromatic nitrogens is 2. The number of ether oxygens (including phenoxy) is 2. The highest BCUT2D eigenvalue weighted by Crippen LogP contribution is 2.34. The molecule has 37 heavy (non-hydrogen) atoms. The van der Waals surface area contributed by atoms with Gasteiger partial charge in [0, 0.05) is 29.1 Å². The number of benzene rings is 2. The number of fused-ring (bicyclic) bond motifs is 1. The van der Waals surface area contributed by atoms with Crippen LogP contribution in [0.4, 0.5) is 9.18 Å². The molecule has 188 valence electrons. The monoisotopic (exact) mass is 500 g/mol. The first-order chi connectivity index (χ1) is 18.0.